The van der Waals surface area contributed by atoms with Crippen molar-refractivity contribution < 1.29 is 0 Å². The highest BCUT2D eigenvalue weighted by Gasteiger charge is 2.39. The van der Waals surface area contributed by atoms with Gasteiger partial charge in [0.15, 0.2) is 5.82 Å². The number of nitrogens with zero attached hydrogens (tertiary/aromatic N) is 2. The molecular formula is C34H27ClN2. The summed E-state index contributed by atoms with van der Waals surface area (Å²) in [6.45, 7) is 9.18. The Kier molecular flexibility index (Phi) is 4.63. The fourth-order valence-electron chi connectivity index (χ4n) is 6.77. The van der Waals surface area contributed by atoms with Crippen molar-refractivity contribution >= 4 is 11.6 Å². The maximum Gasteiger partial charge on any atom is 0.161 e. The van der Waals surface area contributed by atoms with Crippen LogP contribution in [-0.4, -0.2) is 9.97 Å². The van der Waals surface area contributed by atoms with Crippen molar-refractivity contribution in [1.82, 2.24) is 9.97 Å². The molecule has 180 valence electrons. The molecule has 0 spiro atoms. The highest BCUT2D eigenvalue weighted by Crippen LogP contribution is 2.53. The molecule has 0 aliphatic heterocycles. The van der Waals surface area contributed by atoms with Crippen LogP contribution in [0.4, 0.5) is 0 Å². The monoisotopic (exact) mass is 498 g/mol. The fourth-order valence-corrected chi connectivity index (χ4v) is 6.95. The molecule has 0 bridgehead atoms. The summed E-state index contributed by atoms with van der Waals surface area (Å²) >= 11 is 6.72. The van der Waals surface area contributed by atoms with Crippen LogP contribution >= 0.6 is 11.6 Å². The molecule has 0 saturated heterocycles. The molecule has 7 rings (SSSR count). The number of rotatable bonds is 2. The average molecular weight is 499 g/mol. The Labute approximate surface area is 223 Å². The Morgan fingerprint density at radius 2 is 0.973 bits per heavy atom. The van der Waals surface area contributed by atoms with Gasteiger partial charge in [-0.2, -0.15) is 0 Å². The summed E-state index contributed by atoms with van der Waals surface area (Å²) in [5.74, 6) is 0.672. The Morgan fingerprint density at radius 1 is 0.514 bits per heavy atom. The van der Waals surface area contributed by atoms with Crippen molar-refractivity contribution in [2.45, 2.75) is 38.5 Å². The summed E-state index contributed by atoms with van der Waals surface area (Å²) in [5.41, 5.74) is 13.0. The molecule has 37 heavy (non-hydrogen) atoms. The molecule has 0 atom stereocenters. The van der Waals surface area contributed by atoms with Crippen LogP contribution in [0.2, 0.25) is 5.15 Å². The zero-order valence-corrected chi connectivity index (χ0v) is 22.2. The topological polar surface area (TPSA) is 25.8 Å². The summed E-state index contributed by atoms with van der Waals surface area (Å²) < 4.78 is 0. The second-order valence-corrected chi connectivity index (χ2v) is 11.6. The van der Waals surface area contributed by atoms with Gasteiger partial charge in [0, 0.05) is 28.0 Å². The molecule has 0 saturated carbocycles. The molecule has 3 heteroatoms. The zero-order chi connectivity index (χ0) is 25.5. The van der Waals surface area contributed by atoms with E-state index in [4.69, 9.17) is 21.6 Å². The van der Waals surface area contributed by atoms with E-state index in [-0.39, 0.29) is 10.8 Å². The molecule has 0 fully saturated rings. The molecule has 2 aliphatic carbocycles. The van der Waals surface area contributed by atoms with E-state index < -0.39 is 0 Å². The van der Waals surface area contributed by atoms with E-state index in [9.17, 15) is 0 Å². The third-order valence-electron chi connectivity index (χ3n) is 8.37. The molecule has 4 aromatic carbocycles. The van der Waals surface area contributed by atoms with Gasteiger partial charge in [-0.1, -0.05) is 124 Å². The maximum absolute atomic E-state index is 6.72. The molecule has 0 unspecified atom stereocenters. The van der Waals surface area contributed by atoms with Crippen molar-refractivity contribution in [2.75, 3.05) is 0 Å². The molecule has 0 amide bonds. The summed E-state index contributed by atoms with van der Waals surface area (Å²) in [6.07, 6.45) is 0. The first-order valence-corrected chi connectivity index (χ1v) is 13.2. The molecule has 2 aliphatic rings. The standard InChI is InChI=1S/C34H27ClN2/c1-33(2)26-17-7-5-11-20(26)22-13-9-15-24(30(22)33)28-19-29(35)37-32(36-28)25-16-10-14-23-21-12-6-8-18-27(21)34(3,4)31(23)25/h5-19H,1-4H3. The summed E-state index contributed by atoms with van der Waals surface area (Å²) in [4.78, 5) is 9.95. The zero-order valence-electron chi connectivity index (χ0n) is 21.4. The summed E-state index contributed by atoms with van der Waals surface area (Å²) in [7, 11) is 0. The van der Waals surface area contributed by atoms with E-state index in [0.717, 1.165) is 16.8 Å². The first-order valence-electron chi connectivity index (χ1n) is 12.8. The van der Waals surface area contributed by atoms with E-state index in [1.54, 1.807) is 0 Å². The van der Waals surface area contributed by atoms with Crippen LogP contribution in [-0.2, 0) is 10.8 Å². The quantitative estimate of drug-likeness (QED) is 0.227. The predicted octanol–water partition coefficient (Wildman–Crippen LogP) is 9.08. The van der Waals surface area contributed by atoms with Gasteiger partial charge in [0.2, 0.25) is 0 Å². The molecule has 5 aromatic rings. The Hall–Kier alpha value is -3.75. The molecule has 1 aromatic heterocycles. The Balaban J connectivity index is 1.45. The van der Waals surface area contributed by atoms with Crippen molar-refractivity contribution in [3.8, 4) is 44.9 Å². The number of fused-ring (bicyclic) bond motifs is 6. The highest BCUT2D eigenvalue weighted by atomic mass is 35.5. The molecular weight excluding hydrogens is 472 g/mol. The van der Waals surface area contributed by atoms with E-state index in [1.807, 2.05) is 6.07 Å². The van der Waals surface area contributed by atoms with E-state index in [1.165, 1.54) is 44.5 Å². The van der Waals surface area contributed by atoms with Crippen LogP contribution < -0.4 is 0 Å². The minimum atomic E-state index is -0.161. The lowest BCUT2D eigenvalue weighted by Crippen LogP contribution is -2.17. The first-order chi connectivity index (χ1) is 17.8. The van der Waals surface area contributed by atoms with Crippen LogP contribution in [0.25, 0.3) is 44.9 Å². The number of hydrogen-bond acceptors (Lipinski definition) is 2. The van der Waals surface area contributed by atoms with Crippen LogP contribution in [0.3, 0.4) is 0 Å². The van der Waals surface area contributed by atoms with Gasteiger partial charge in [-0.25, -0.2) is 9.97 Å². The molecule has 2 nitrogen and oxygen atoms in total. The normalized spacial score (nSPS) is 15.6. The van der Waals surface area contributed by atoms with Crippen molar-refractivity contribution in [3.63, 3.8) is 0 Å². The second kappa shape index (κ2) is 7.63. The lowest BCUT2D eigenvalue weighted by molar-refractivity contribution is 0.661. The third kappa shape index (κ3) is 3.06. The fraction of sp³-hybridized carbons (Fsp3) is 0.176. The van der Waals surface area contributed by atoms with E-state index >= 15 is 0 Å². The third-order valence-corrected chi connectivity index (χ3v) is 8.57. The lowest BCUT2D eigenvalue weighted by atomic mass is 9.79. The van der Waals surface area contributed by atoms with Gasteiger partial charge >= 0.3 is 0 Å². The number of hydrogen-bond donors (Lipinski definition) is 0. The number of benzene rings is 4. The minimum absolute atomic E-state index is 0.141. The largest absolute Gasteiger partial charge is 0.228 e. The summed E-state index contributed by atoms with van der Waals surface area (Å²) in [5, 5.41) is 0.455. The van der Waals surface area contributed by atoms with Crippen LogP contribution in [0, 0.1) is 0 Å². The van der Waals surface area contributed by atoms with Gasteiger partial charge in [-0.3, -0.25) is 0 Å². The molecule has 0 N–H and O–H groups in total. The van der Waals surface area contributed by atoms with Crippen LogP contribution in [0.15, 0.2) is 91.0 Å². The highest BCUT2D eigenvalue weighted by molar-refractivity contribution is 6.29. The van der Waals surface area contributed by atoms with Crippen LogP contribution in [0.5, 0.6) is 0 Å². The Morgan fingerprint density at radius 3 is 1.57 bits per heavy atom. The van der Waals surface area contributed by atoms with Crippen molar-refractivity contribution in [1.29, 1.82) is 0 Å². The Bertz CT molecular complexity index is 1620. The minimum Gasteiger partial charge on any atom is -0.228 e. The molecule has 0 radical (unpaired) electrons. The van der Waals surface area contributed by atoms with Gasteiger partial charge in [0.25, 0.3) is 0 Å². The smallest absolute Gasteiger partial charge is 0.161 e. The first kappa shape index (κ1) is 22.4. The van der Waals surface area contributed by atoms with Crippen molar-refractivity contribution in [2.24, 2.45) is 0 Å². The predicted molar refractivity (Wildman–Crippen MR) is 153 cm³/mol. The van der Waals surface area contributed by atoms with Crippen molar-refractivity contribution in [3.05, 3.63) is 118 Å². The van der Waals surface area contributed by atoms with Gasteiger partial charge < -0.3 is 0 Å². The maximum atomic E-state index is 6.72. The van der Waals surface area contributed by atoms with Gasteiger partial charge in [-0.05, 0) is 44.5 Å². The lowest BCUT2D eigenvalue weighted by Gasteiger charge is -2.25. The van der Waals surface area contributed by atoms with E-state index in [2.05, 4.69) is 113 Å². The van der Waals surface area contributed by atoms with Gasteiger partial charge in [-0.15, -0.1) is 0 Å². The van der Waals surface area contributed by atoms with Crippen LogP contribution in [0.1, 0.15) is 49.9 Å². The second-order valence-electron chi connectivity index (χ2n) is 11.2. The SMILES string of the molecule is CC1(C)c2ccccc2-c2cccc(-c3cc(Cl)nc(-c4cccc5c4C(C)(C)c4ccccc4-5)n3)c21. The molecule has 1 heterocycles. The van der Waals surface area contributed by atoms with E-state index in [0.29, 0.717) is 11.0 Å². The number of halogens is 1. The number of aromatic nitrogens is 2. The average Bonchev–Trinajstić information content (AvgIpc) is 3.29. The summed E-state index contributed by atoms with van der Waals surface area (Å²) in [6, 6.07) is 32.3. The van der Waals surface area contributed by atoms with Gasteiger partial charge in [0.05, 0.1) is 5.69 Å². The van der Waals surface area contributed by atoms with Gasteiger partial charge in [0.1, 0.15) is 5.15 Å².